The first kappa shape index (κ1) is 11.1. The Kier molecular flexibility index (Phi) is 3.56. The van der Waals surface area contributed by atoms with Crippen LogP contribution in [0.25, 0.3) is 0 Å². The molecule has 1 atom stereocenters. The standard InChI is InChI=1S/C11H18N4O/c1-2-16-11-5-10(13-8-14-11)15-4-3-9(6-12)7-15/h5,8-9H,2-4,6-7,12H2,1H3. The summed E-state index contributed by atoms with van der Waals surface area (Å²) in [4.78, 5) is 10.6. The molecule has 88 valence electrons. The zero-order valence-electron chi connectivity index (χ0n) is 9.59. The molecule has 0 aromatic carbocycles. The van der Waals surface area contributed by atoms with Crippen molar-refractivity contribution in [1.29, 1.82) is 0 Å². The molecule has 5 heteroatoms. The van der Waals surface area contributed by atoms with Gasteiger partial charge in [0.05, 0.1) is 6.61 Å². The van der Waals surface area contributed by atoms with Gasteiger partial charge in [0.1, 0.15) is 12.1 Å². The highest BCUT2D eigenvalue weighted by molar-refractivity contribution is 5.41. The first-order chi connectivity index (χ1) is 7.83. The molecule has 0 radical (unpaired) electrons. The number of anilines is 1. The molecule has 2 rings (SSSR count). The second-order valence-corrected chi connectivity index (χ2v) is 3.98. The van der Waals surface area contributed by atoms with Crippen LogP contribution < -0.4 is 15.4 Å². The zero-order valence-corrected chi connectivity index (χ0v) is 9.59. The maximum absolute atomic E-state index is 5.67. The molecule has 1 aliphatic rings. The minimum absolute atomic E-state index is 0.588. The van der Waals surface area contributed by atoms with Crippen molar-refractivity contribution in [2.45, 2.75) is 13.3 Å². The maximum atomic E-state index is 5.67. The van der Waals surface area contributed by atoms with Crippen molar-refractivity contribution in [3.05, 3.63) is 12.4 Å². The molecular formula is C11H18N4O. The normalized spacial score (nSPS) is 20.1. The quantitative estimate of drug-likeness (QED) is 0.810. The summed E-state index contributed by atoms with van der Waals surface area (Å²) in [7, 11) is 0. The highest BCUT2D eigenvalue weighted by Crippen LogP contribution is 2.23. The van der Waals surface area contributed by atoms with Crippen LogP contribution in [-0.2, 0) is 0 Å². The van der Waals surface area contributed by atoms with Gasteiger partial charge in [-0.15, -0.1) is 0 Å². The molecule has 1 aliphatic heterocycles. The van der Waals surface area contributed by atoms with Gasteiger partial charge >= 0.3 is 0 Å². The lowest BCUT2D eigenvalue weighted by Crippen LogP contribution is -2.23. The number of aromatic nitrogens is 2. The topological polar surface area (TPSA) is 64.3 Å². The minimum Gasteiger partial charge on any atom is -0.478 e. The summed E-state index contributed by atoms with van der Waals surface area (Å²) < 4.78 is 5.36. The summed E-state index contributed by atoms with van der Waals surface area (Å²) in [6.07, 6.45) is 2.70. The van der Waals surface area contributed by atoms with E-state index in [2.05, 4.69) is 14.9 Å². The van der Waals surface area contributed by atoms with E-state index in [0.717, 1.165) is 31.9 Å². The fraction of sp³-hybridized carbons (Fsp3) is 0.636. The number of nitrogens with two attached hydrogens (primary N) is 1. The first-order valence-electron chi connectivity index (χ1n) is 5.73. The largest absolute Gasteiger partial charge is 0.478 e. The van der Waals surface area contributed by atoms with Crippen LogP contribution >= 0.6 is 0 Å². The van der Waals surface area contributed by atoms with Gasteiger partial charge in [-0.2, -0.15) is 0 Å². The highest BCUT2D eigenvalue weighted by atomic mass is 16.5. The van der Waals surface area contributed by atoms with E-state index in [1.165, 1.54) is 0 Å². The number of rotatable bonds is 4. The Morgan fingerprint density at radius 1 is 1.56 bits per heavy atom. The molecule has 0 bridgehead atoms. The second kappa shape index (κ2) is 5.12. The maximum Gasteiger partial charge on any atom is 0.218 e. The number of nitrogens with zero attached hydrogens (tertiary/aromatic N) is 3. The lowest BCUT2D eigenvalue weighted by atomic mass is 10.1. The van der Waals surface area contributed by atoms with Crippen LogP contribution in [0.1, 0.15) is 13.3 Å². The molecule has 5 nitrogen and oxygen atoms in total. The van der Waals surface area contributed by atoms with Gasteiger partial charge in [-0.05, 0) is 25.8 Å². The lowest BCUT2D eigenvalue weighted by Gasteiger charge is -2.17. The number of ether oxygens (including phenoxy) is 1. The predicted molar refractivity (Wildman–Crippen MR) is 62.6 cm³/mol. The van der Waals surface area contributed by atoms with Gasteiger partial charge in [0.15, 0.2) is 0 Å². The van der Waals surface area contributed by atoms with Crippen molar-refractivity contribution in [2.75, 3.05) is 31.1 Å². The van der Waals surface area contributed by atoms with Crippen molar-refractivity contribution in [3.63, 3.8) is 0 Å². The third kappa shape index (κ3) is 2.41. The van der Waals surface area contributed by atoms with E-state index < -0.39 is 0 Å². The van der Waals surface area contributed by atoms with E-state index in [4.69, 9.17) is 10.5 Å². The van der Waals surface area contributed by atoms with Crippen LogP contribution in [0.5, 0.6) is 5.88 Å². The molecule has 0 spiro atoms. The van der Waals surface area contributed by atoms with E-state index >= 15 is 0 Å². The molecule has 0 amide bonds. The summed E-state index contributed by atoms with van der Waals surface area (Å²) >= 11 is 0. The predicted octanol–water partition coefficient (Wildman–Crippen LogP) is 0.660. The molecular weight excluding hydrogens is 204 g/mol. The summed E-state index contributed by atoms with van der Waals surface area (Å²) in [5.41, 5.74) is 5.67. The van der Waals surface area contributed by atoms with E-state index in [1.807, 2.05) is 13.0 Å². The fourth-order valence-electron chi connectivity index (χ4n) is 1.96. The first-order valence-corrected chi connectivity index (χ1v) is 5.73. The van der Waals surface area contributed by atoms with Crippen molar-refractivity contribution in [1.82, 2.24) is 9.97 Å². The van der Waals surface area contributed by atoms with E-state index in [9.17, 15) is 0 Å². The third-order valence-electron chi connectivity index (χ3n) is 2.86. The highest BCUT2D eigenvalue weighted by Gasteiger charge is 2.22. The van der Waals surface area contributed by atoms with Crippen LogP contribution in [0.15, 0.2) is 12.4 Å². The Morgan fingerprint density at radius 2 is 2.44 bits per heavy atom. The third-order valence-corrected chi connectivity index (χ3v) is 2.86. The number of hydrogen-bond acceptors (Lipinski definition) is 5. The average molecular weight is 222 g/mol. The van der Waals surface area contributed by atoms with Crippen LogP contribution in [0.2, 0.25) is 0 Å². The van der Waals surface area contributed by atoms with E-state index in [-0.39, 0.29) is 0 Å². The molecule has 1 aromatic heterocycles. The summed E-state index contributed by atoms with van der Waals surface area (Å²) in [6.45, 7) is 5.33. The smallest absolute Gasteiger partial charge is 0.218 e. The van der Waals surface area contributed by atoms with Gasteiger partial charge in [0.25, 0.3) is 0 Å². The van der Waals surface area contributed by atoms with E-state index in [0.29, 0.717) is 18.4 Å². The van der Waals surface area contributed by atoms with Gasteiger partial charge in [0, 0.05) is 19.2 Å². The van der Waals surface area contributed by atoms with Crippen molar-refractivity contribution >= 4 is 5.82 Å². The van der Waals surface area contributed by atoms with Crippen LogP contribution in [0.3, 0.4) is 0 Å². The number of hydrogen-bond donors (Lipinski definition) is 1. The minimum atomic E-state index is 0.588. The molecule has 1 fully saturated rings. The van der Waals surface area contributed by atoms with Gasteiger partial charge < -0.3 is 15.4 Å². The van der Waals surface area contributed by atoms with Crippen molar-refractivity contribution < 1.29 is 4.74 Å². The van der Waals surface area contributed by atoms with Gasteiger partial charge in [-0.3, -0.25) is 0 Å². The Morgan fingerprint density at radius 3 is 3.12 bits per heavy atom. The second-order valence-electron chi connectivity index (χ2n) is 3.98. The zero-order chi connectivity index (χ0) is 11.4. The average Bonchev–Trinajstić information content (AvgIpc) is 2.78. The molecule has 2 N–H and O–H groups in total. The Balaban J connectivity index is 2.06. The summed E-state index contributed by atoms with van der Waals surface area (Å²) in [5, 5.41) is 0. The van der Waals surface area contributed by atoms with Gasteiger partial charge in [0.2, 0.25) is 5.88 Å². The van der Waals surface area contributed by atoms with Crippen molar-refractivity contribution in [2.24, 2.45) is 11.7 Å². The summed E-state index contributed by atoms with van der Waals surface area (Å²) in [5.74, 6) is 2.17. The molecule has 1 unspecified atom stereocenters. The van der Waals surface area contributed by atoms with Crippen LogP contribution in [-0.4, -0.2) is 36.2 Å². The molecule has 1 aromatic rings. The molecule has 0 saturated carbocycles. The van der Waals surface area contributed by atoms with Gasteiger partial charge in [-0.25, -0.2) is 9.97 Å². The monoisotopic (exact) mass is 222 g/mol. The fourth-order valence-corrected chi connectivity index (χ4v) is 1.96. The molecule has 1 saturated heterocycles. The van der Waals surface area contributed by atoms with E-state index in [1.54, 1.807) is 6.33 Å². The van der Waals surface area contributed by atoms with Gasteiger partial charge in [-0.1, -0.05) is 0 Å². The lowest BCUT2D eigenvalue weighted by molar-refractivity contribution is 0.326. The molecule has 0 aliphatic carbocycles. The molecule has 2 heterocycles. The Labute approximate surface area is 95.6 Å². The summed E-state index contributed by atoms with van der Waals surface area (Å²) in [6, 6.07) is 1.89. The Bertz CT molecular complexity index is 345. The SMILES string of the molecule is CCOc1cc(N2CCC(CN)C2)ncn1. The van der Waals surface area contributed by atoms with Crippen LogP contribution in [0, 0.1) is 5.92 Å². The molecule has 16 heavy (non-hydrogen) atoms. The Hall–Kier alpha value is -1.36. The van der Waals surface area contributed by atoms with Crippen molar-refractivity contribution in [3.8, 4) is 5.88 Å². The van der Waals surface area contributed by atoms with Crippen LogP contribution in [0.4, 0.5) is 5.82 Å².